The molecule has 0 bridgehead atoms. The fourth-order valence-corrected chi connectivity index (χ4v) is 3.03. The highest BCUT2D eigenvalue weighted by molar-refractivity contribution is 7.89. The average Bonchev–Trinajstić information content (AvgIpc) is 2.47. The highest BCUT2D eigenvalue weighted by Crippen LogP contribution is 2.28. The van der Waals surface area contributed by atoms with Crippen molar-refractivity contribution in [2.24, 2.45) is 0 Å². The van der Waals surface area contributed by atoms with Gasteiger partial charge in [0.1, 0.15) is 22.0 Å². The quantitative estimate of drug-likeness (QED) is 0.704. The summed E-state index contributed by atoms with van der Waals surface area (Å²) in [5.74, 6) is -1.95. The molecule has 0 amide bonds. The van der Waals surface area contributed by atoms with E-state index < -0.39 is 33.3 Å². The molecule has 0 saturated carbocycles. The number of carbonyl (C=O) groups is 1. The number of benzene rings is 1. The van der Waals surface area contributed by atoms with Crippen LogP contribution in [0.5, 0.6) is 5.75 Å². The van der Waals surface area contributed by atoms with Crippen LogP contribution >= 0.6 is 0 Å². The van der Waals surface area contributed by atoms with Gasteiger partial charge in [-0.25, -0.2) is 17.6 Å². The average molecular weight is 349 g/mol. The minimum Gasteiger partial charge on any atom is -0.493 e. The number of carbonyl (C=O) groups excluding carboxylic acids is 1. The first kappa shape index (κ1) is 19.3. The Balaban J connectivity index is 3.45. The van der Waals surface area contributed by atoms with Crippen molar-refractivity contribution >= 4 is 16.0 Å². The number of aliphatic hydroxyl groups excluding tert-OH is 1. The lowest BCUT2D eigenvalue weighted by atomic mass is 10.2. The molecule has 0 atom stereocenters. The zero-order chi connectivity index (χ0) is 17.6. The topological polar surface area (TPSA) is 93.1 Å². The molecule has 0 aliphatic carbocycles. The largest absolute Gasteiger partial charge is 0.493 e. The van der Waals surface area contributed by atoms with E-state index >= 15 is 0 Å². The highest BCUT2D eigenvalue weighted by atomic mass is 32.2. The molecule has 1 rings (SSSR count). The molecular weight excluding hydrogens is 329 g/mol. The van der Waals surface area contributed by atoms with E-state index in [0.29, 0.717) is 0 Å². The third kappa shape index (κ3) is 4.40. The van der Waals surface area contributed by atoms with Gasteiger partial charge in [-0.2, -0.15) is 4.31 Å². The van der Waals surface area contributed by atoms with Crippen molar-refractivity contribution in [3.05, 3.63) is 23.5 Å². The molecule has 7 nitrogen and oxygen atoms in total. The van der Waals surface area contributed by atoms with E-state index in [9.17, 15) is 17.6 Å². The number of sulfonamides is 1. The lowest BCUT2D eigenvalue weighted by molar-refractivity contribution is 0.0521. The van der Waals surface area contributed by atoms with Crippen molar-refractivity contribution in [1.82, 2.24) is 4.31 Å². The van der Waals surface area contributed by atoms with E-state index in [1.54, 1.807) is 13.8 Å². The molecule has 0 radical (unpaired) electrons. The zero-order valence-corrected chi connectivity index (χ0v) is 14.0. The van der Waals surface area contributed by atoms with Crippen LogP contribution in [0.4, 0.5) is 4.39 Å². The fourth-order valence-electron chi connectivity index (χ4n) is 1.81. The Labute approximate surface area is 134 Å². The molecule has 0 aliphatic rings. The van der Waals surface area contributed by atoms with Crippen LogP contribution in [0.3, 0.4) is 0 Å². The molecule has 0 fully saturated rings. The summed E-state index contributed by atoms with van der Waals surface area (Å²) >= 11 is 0. The van der Waals surface area contributed by atoms with Gasteiger partial charge in [0.25, 0.3) is 0 Å². The van der Waals surface area contributed by atoms with Gasteiger partial charge in [-0.3, -0.25) is 0 Å². The number of ether oxygens (including phenoxy) is 2. The number of aliphatic hydroxyl groups is 1. The van der Waals surface area contributed by atoms with Crippen LogP contribution < -0.4 is 4.74 Å². The molecule has 9 heteroatoms. The van der Waals surface area contributed by atoms with Gasteiger partial charge in [0, 0.05) is 19.7 Å². The second-order valence-electron chi connectivity index (χ2n) is 4.48. The molecule has 130 valence electrons. The Hall–Kier alpha value is -1.71. The molecule has 1 aromatic carbocycles. The maximum Gasteiger partial charge on any atom is 0.341 e. The van der Waals surface area contributed by atoms with Crippen molar-refractivity contribution in [2.45, 2.75) is 18.7 Å². The van der Waals surface area contributed by atoms with Gasteiger partial charge < -0.3 is 14.6 Å². The van der Waals surface area contributed by atoms with Crippen LogP contribution in [-0.2, 0) is 14.8 Å². The van der Waals surface area contributed by atoms with E-state index in [4.69, 9.17) is 14.6 Å². The van der Waals surface area contributed by atoms with Crippen LogP contribution in [0, 0.1) is 5.82 Å². The number of nitrogens with zero attached hydrogens (tertiary/aromatic N) is 1. The van der Waals surface area contributed by atoms with Gasteiger partial charge in [-0.05, 0) is 19.9 Å². The predicted molar refractivity (Wildman–Crippen MR) is 80.4 cm³/mol. The Bertz CT molecular complexity index is 661. The second kappa shape index (κ2) is 8.23. The van der Waals surface area contributed by atoms with Crippen molar-refractivity contribution in [2.75, 3.05) is 33.4 Å². The first-order chi connectivity index (χ1) is 10.8. The zero-order valence-electron chi connectivity index (χ0n) is 13.2. The van der Waals surface area contributed by atoms with Crippen molar-refractivity contribution in [1.29, 1.82) is 0 Å². The van der Waals surface area contributed by atoms with Crippen LogP contribution in [0.25, 0.3) is 0 Å². The molecule has 1 aromatic rings. The van der Waals surface area contributed by atoms with E-state index in [-0.39, 0.29) is 31.1 Å². The third-order valence-electron chi connectivity index (χ3n) is 2.93. The van der Waals surface area contributed by atoms with Crippen LogP contribution in [0.1, 0.15) is 24.2 Å². The number of hydrogen-bond donors (Lipinski definition) is 1. The SMILES string of the molecule is CCOC(=O)c1cc(S(=O)(=O)N(C)CCO)c(F)cc1OCC. The van der Waals surface area contributed by atoms with Gasteiger partial charge in [-0.1, -0.05) is 0 Å². The summed E-state index contributed by atoms with van der Waals surface area (Å²) in [5.41, 5.74) is -0.175. The summed E-state index contributed by atoms with van der Waals surface area (Å²) in [5, 5.41) is 8.85. The van der Waals surface area contributed by atoms with E-state index in [2.05, 4.69) is 0 Å². The lowest BCUT2D eigenvalue weighted by Crippen LogP contribution is -2.30. The molecule has 0 aromatic heterocycles. The number of halogens is 1. The van der Waals surface area contributed by atoms with Crippen molar-refractivity contribution < 1.29 is 32.2 Å². The maximum atomic E-state index is 14.2. The molecule has 0 saturated heterocycles. The monoisotopic (exact) mass is 349 g/mol. The Morgan fingerprint density at radius 3 is 2.48 bits per heavy atom. The Morgan fingerprint density at radius 2 is 1.96 bits per heavy atom. The molecule has 0 spiro atoms. The molecule has 0 unspecified atom stereocenters. The van der Waals surface area contributed by atoms with Crippen molar-refractivity contribution in [3.8, 4) is 5.75 Å². The van der Waals surface area contributed by atoms with Gasteiger partial charge >= 0.3 is 5.97 Å². The standard InChI is InChI=1S/C14H20FNO6S/c1-4-21-12-9-11(15)13(8-10(12)14(18)22-5-2)23(19,20)16(3)6-7-17/h8-9,17H,4-7H2,1-3H3. The number of rotatable bonds is 8. The minimum absolute atomic E-state index is 0.0777. The number of esters is 1. The number of likely N-dealkylation sites (N-methyl/N-ethyl adjacent to an activating group) is 1. The van der Waals surface area contributed by atoms with E-state index in [1.807, 2.05) is 0 Å². The molecule has 1 N–H and O–H groups in total. The first-order valence-corrected chi connectivity index (χ1v) is 8.44. The summed E-state index contributed by atoms with van der Waals surface area (Å²) in [4.78, 5) is 11.3. The summed E-state index contributed by atoms with van der Waals surface area (Å²) < 4.78 is 49.7. The van der Waals surface area contributed by atoms with Gasteiger partial charge in [0.2, 0.25) is 10.0 Å². The third-order valence-corrected chi connectivity index (χ3v) is 4.80. The number of hydrogen-bond acceptors (Lipinski definition) is 6. The summed E-state index contributed by atoms with van der Waals surface area (Å²) in [6, 6.07) is 1.73. The lowest BCUT2D eigenvalue weighted by Gasteiger charge is -2.18. The van der Waals surface area contributed by atoms with Crippen molar-refractivity contribution in [3.63, 3.8) is 0 Å². The van der Waals surface area contributed by atoms with E-state index in [1.165, 1.54) is 7.05 Å². The fraction of sp³-hybridized carbons (Fsp3) is 0.500. The Morgan fingerprint density at radius 1 is 1.30 bits per heavy atom. The normalized spacial score (nSPS) is 11.6. The molecule has 0 aliphatic heterocycles. The maximum absolute atomic E-state index is 14.2. The summed E-state index contributed by atoms with van der Waals surface area (Å²) in [6.45, 7) is 2.86. The Kier molecular flexibility index (Phi) is 6.92. The highest BCUT2D eigenvalue weighted by Gasteiger charge is 2.28. The predicted octanol–water partition coefficient (Wildman–Crippen LogP) is 1.01. The summed E-state index contributed by atoms with van der Waals surface area (Å²) in [6.07, 6.45) is 0. The smallest absolute Gasteiger partial charge is 0.341 e. The van der Waals surface area contributed by atoms with E-state index in [0.717, 1.165) is 16.4 Å². The molecule has 0 heterocycles. The van der Waals surface area contributed by atoms with Gasteiger partial charge in [-0.15, -0.1) is 0 Å². The van der Waals surface area contributed by atoms with Crippen LogP contribution in [0.2, 0.25) is 0 Å². The van der Waals surface area contributed by atoms with Gasteiger partial charge in [0.05, 0.1) is 19.8 Å². The minimum atomic E-state index is -4.20. The van der Waals surface area contributed by atoms with Gasteiger partial charge in [0.15, 0.2) is 0 Å². The van der Waals surface area contributed by atoms with Crippen LogP contribution in [0.15, 0.2) is 17.0 Å². The second-order valence-corrected chi connectivity index (χ2v) is 6.50. The van der Waals surface area contributed by atoms with Crippen LogP contribution in [-0.4, -0.2) is 57.2 Å². The molecule has 23 heavy (non-hydrogen) atoms. The first-order valence-electron chi connectivity index (χ1n) is 7.00. The summed E-state index contributed by atoms with van der Waals surface area (Å²) in [7, 11) is -3.00. The molecular formula is C14H20FNO6S.